The van der Waals surface area contributed by atoms with Gasteiger partial charge in [-0.1, -0.05) is 12.1 Å². The van der Waals surface area contributed by atoms with E-state index in [9.17, 15) is 4.39 Å². The molecular formula is C10H14BrFN2O. The number of benzene rings is 1. The van der Waals surface area contributed by atoms with Gasteiger partial charge in [0.1, 0.15) is 5.82 Å². The molecule has 3 N–H and O–H groups in total. The first-order chi connectivity index (χ1) is 7.11. The van der Waals surface area contributed by atoms with Crippen molar-refractivity contribution in [2.75, 3.05) is 7.11 Å². The van der Waals surface area contributed by atoms with Crippen molar-refractivity contribution < 1.29 is 9.13 Å². The molecule has 2 atom stereocenters. The third kappa shape index (κ3) is 2.75. The lowest BCUT2D eigenvalue weighted by atomic mass is 10.0. The second-order valence-electron chi connectivity index (χ2n) is 3.23. The van der Waals surface area contributed by atoms with Gasteiger partial charge in [-0.15, -0.1) is 0 Å². The van der Waals surface area contributed by atoms with E-state index in [-0.39, 0.29) is 18.0 Å². The largest absolute Gasteiger partial charge is 0.380 e. The minimum atomic E-state index is -0.368. The molecule has 0 radical (unpaired) electrons. The zero-order valence-electron chi connectivity index (χ0n) is 8.63. The van der Waals surface area contributed by atoms with E-state index in [4.69, 9.17) is 10.6 Å². The van der Waals surface area contributed by atoms with Crippen LogP contribution in [0.1, 0.15) is 18.5 Å². The summed E-state index contributed by atoms with van der Waals surface area (Å²) in [5.41, 5.74) is 3.04. The van der Waals surface area contributed by atoms with E-state index in [0.717, 1.165) is 0 Å². The van der Waals surface area contributed by atoms with Crippen molar-refractivity contribution >= 4 is 15.9 Å². The Morgan fingerprint density at radius 1 is 1.53 bits per heavy atom. The van der Waals surface area contributed by atoms with E-state index >= 15 is 0 Å². The molecule has 2 unspecified atom stereocenters. The zero-order chi connectivity index (χ0) is 11.4. The van der Waals surface area contributed by atoms with Gasteiger partial charge in [0.15, 0.2) is 0 Å². The van der Waals surface area contributed by atoms with Crippen LogP contribution in [0.3, 0.4) is 0 Å². The van der Waals surface area contributed by atoms with Crippen LogP contribution in [-0.2, 0) is 4.74 Å². The zero-order valence-corrected chi connectivity index (χ0v) is 10.2. The molecule has 0 heterocycles. The Morgan fingerprint density at radius 3 is 2.73 bits per heavy atom. The van der Waals surface area contributed by atoms with Gasteiger partial charge in [-0.2, -0.15) is 0 Å². The van der Waals surface area contributed by atoms with Crippen molar-refractivity contribution in [3.8, 4) is 0 Å². The van der Waals surface area contributed by atoms with Crippen LogP contribution in [-0.4, -0.2) is 13.2 Å². The SMILES string of the molecule is COC(C)C(NN)c1cccc(Br)c1F. The number of ether oxygens (including phenoxy) is 1. The predicted molar refractivity (Wildman–Crippen MR) is 60.6 cm³/mol. The smallest absolute Gasteiger partial charge is 0.142 e. The Labute approximate surface area is 96.9 Å². The van der Waals surface area contributed by atoms with Gasteiger partial charge >= 0.3 is 0 Å². The Balaban J connectivity index is 3.07. The molecule has 3 nitrogen and oxygen atoms in total. The molecular weight excluding hydrogens is 263 g/mol. The topological polar surface area (TPSA) is 47.3 Å². The fourth-order valence-corrected chi connectivity index (χ4v) is 1.76. The molecule has 0 aliphatic carbocycles. The van der Waals surface area contributed by atoms with Crippen LogP contribution in [0.4, 0.5) is 4.39 Å². The highest BCUT2D eigenvalue weighted by Gasteiger charge is 2.21. The number of methoxy groups -OCH3 is 1. The van der Waals surface area contributed by atoms with E-state index in [2.05, 4.69) is 21.4 Å². The fourth-order valence-electron chi connectivity index (χ4n) is 1.37. The van der Waals surface area contributed by atoms with Gasteiger partial charge in [0, 0.05) is 12.7 Å². The number of hydrogen-bond donors (Lipinski definition) is 2. The quantitative estimate of drug-likeness (QED) is 0.654. The van der Waals surface area contributed by atoms with Crippen LogP contribution < -0.4 is 11.3 Å². The maximum Gasteiger partial charge on any atom is 0.142 e. The molecule has 5 heteroatoms. The maximum absolute atomic E-state index is 13.7. The maximum atomic E-state index is 13.7. The van der Waals surface area contributed by atoms with Crippen molar-refractivity contribution in [3.05, 3.63) is 34.1 Å². The number of hydrogen-bond acceptors (Lipinski definition) is 3. The average Bonchev–Trinajstić information content (AvgIpc) is 2.24. The predicted octanol–water partition coefficient (Wildman–Crippen LogP) is 2.13. The van der Waals surface area contributed by atoms with E-state index in [1.165, 1.54) is 0 Å². The summed E-state index contributed by atoms with van der Waals surface area (Å²) >= 11 is 3.13. The van der Waals surface area contributed by atoms with Gasteiger partial charge in [0.05, 0.1) is 16.6 Å². The summed E-state index contributed by atoms with van der Waals surface area (Å²) in [6, 6.07) is 4.71. The van der Waals surface area contributed by atoms with Gasteiger partial charge in [-0.05, 0) is 28.9 Å². The van der Waals surface area contributed by atoms with Crippen LogP contribution >= 0.6 is 15.9 Å². The molecule has 0 saturated heterocycles. The summed E-state index contributed by atoms with van der Waals surface area (Å²) in [6.07, 6.45) is -0.209. The summed E-state index contributed by atoms with van der Waals surface area (Å²) in [5, 5.41) is 0. The summed E-state index contributed by atoms with van der Waals surface area (Å²) in [5.74, 6) is 5.07. The van der Waals surface area contributed by atoms with Gasteiger partial charge in [-0.3, -0.25) is 11.3 Å². The summed E-state index contributed by atoms with van der Waals surface area (Å²) in [6.45, 7) is 1.82. The lowest BCUT2D eigenvalue weighted by molar-refractivity contribution is 0.0818. The normalized spacial score (nSPS) is 15.0. The first-order valence-electron chi connectivity index (χ1n) is 4.54. The number of nitrogens with two attached hydrogens (primary N) is 1. The summed E-state index contributed by atoms with van der Waals surface area (Å²) in [7, 11) is 1.56. The highest BCUT2D eigenvalue weighted by atomic mass is 79.9. The highest BCUT2D eigenvalue weighted by Crippen LogP contribution is 2.26. The highest BCUT2D eigenvalue weighted by molar-refractivity contribution is 9.10. The Hall–Kier alpha value is -0.490. The molecule has 0 amide bonds. The Kier molecular flexibility index (Phi) is 4.66. The molecule has 0 aromatic heterocycles. The van der Waals surface area contributed by atoms with E-state index < -0.39 is 0 Å². The molecule has 0 aliphatic heterocycles. The van der Waals surface area contributed by atoms with Crippen LogP contribution in [0.25, 0.3) is 0 Å². The van der Waals surface area contributed by atoms with Crippen LogP contribution in [0.15, 0.2) is 22.7 Å². The molecule has 0 aliphatic rings. The number of nitrogens with one attached hydrogen (secondary N) is 1. The Morgan fingerprint density at radius 2 is 2.20 bits per heavy atom. The molecule has 0 spiro atoms. The number of rotatable bonds is 4. The standard InChI is InChI=1S/C10H14BrFN2O/c1-6(15-2)10(14-13)7-4-3-5-8(11)9(7)12/h3-6,10,14H,13H2,1-2H3. The van der Waals surface area contributed by atoms with Crippen LogP contribution in [0.2, 0.25) is 0 Å². The molecule has 0 fully saturated rings. The van der Waals surface area contributed by atoms with E-state index in [1.807, 2.05) is 6.92 Å². The van der Waals surface area contributed by atoms with Crippen molar-refractivity contribution in [3.63, 3.8) is 0 Å². The molecule has 0 saturated carbocycles. The number of hydrazine groups is 1. The molecule has 84 valence electrons. The molecule has 1 aromatic rings. The first kappa shape index (κ1) is 12.6. The van der Waals surface area contributed by atoms with Crippen LogP contribution in [0, 0.1) is 5.82 Å². The first-order valence-corrected chi connectivity index (χ1v) is 5.34. The second-order valence-corrected chi connectivity index (χ2v) is 4.08. The van der Waals surface area contributed by atoms with Gasteiger partial charge in [0.2, 0.25) is 0 Å². The summed E-state index contributed by atoms with van der Waals surface area (Å²) < 4.78 is 19.3. The molecule has 0 bridgehead atoms. The third-order valence-corrected chi connectivity index (χ3v) is 2.95. The van der Waals surface area contributed by atoms with Crippen molar-refractivity contribution in [2.45, 2.75) is 19.1 Å². The Bertz CT molecular complexity index is 335. The monoisotopic (exact) mass is 276 g/mol. The van der Waals surface area contributed by atoms with Crippen molar-refractivity contribution in [1.82, 2.24) is 5.43 Å². The fraction of sp³-hybridized carbons (Fsp3) is 0.400. The average molecular weight is 277 g/mol. The van der Waals surface area contributed by atoms with Gasteiger partial charge in [-0.25, -0.2) is 4.39 Å². The minimum Gasteiger partial charge on any atom is -0.380 e. The van der Waals surface area contributed by atoms with Gasteiger partial charge in [0.25, 0.3) is 0 Å². The lowest BCUT2D eigenvalue weighted by Crippen LogP contribution is -2.36. The molecule has 15 heavy (non-hydrogen) atoms. The minimum absolute atomic E-state index is 0.209. The van der Waals surface area contributed by atoms with E-state index in [1.54, 1.807) is 25.3 Å². The van der Waals surface area contributed by atoms with Crippen LogP contribution in [0.5, 0.6) is 0 Å². The van der Waals surface area contributed by atoms with E-state index in [0.29, 0.717) is 10.0 Å². The van der Waals surface area contributed by atoms with Gasteiger partial charge < -0.3 is 4.74 Å². The molecule has 1 rings (SSSR count). The van der Waals surface area contributed by atoms with Crippen molar-refractivity contribution in [2.24, 2.45) is 5.84 Å². The number of halogens is 2. The summed E-state index contributed by atoms with van der Waals surface area (Å²) in [4.78, 5) is 0. The second kappa shape index (κ2) is 5.55. The molecule has 1 aromatic carbocycles. The van der Waals surface area contributed by atoms with Crippen molar-refractivity contribution in [1.29, 1.82) is 0 Å². The third-order valence-electron chi connectivity index (χ3n) is 2.34. The lowest BCUT2D eigenvalue weighted by Gasteiger charge is -2.23.